The summed E-state index contributed by atoms with van der Waals surface area (Å²) in [4.78, 5) is 33.7. The number of carbonyl (C=O) groups excluding carboxylic acids is 3. The number of amidine groups is 1. The molecule has 0 radical (unpaired) electrons. The lowest BCUT2D eigenvalue weighted by atomic mass is 10.1. The number of nitrogens with one attached hydrogen (secondary N) is 1. The van der Waals surface area contributed by atoms with Crippen molar-refractivity contribution >= 4 is 34.8 Å². The molecule has 1 fully saturated rings. The van der Waals surface area contributed by atoms with E-state index in [0.29, 0.717) is 0 Å². The predicted octanol–water partition coefficient (Wildman–Crippen LogP) is -0.236. The summed E-state index contributed by atoms with van der Waals surface area (Å²) in [5.41, 5.74) is 4.46. The molecule has 1 heterocycles. The lowest BCUT2D eigenvalue weighted by Gasteiger charge is -2.39. The number of hydrogen-bond acceptors (Lipinski definition) is 9. The third-order valence-corrected chi connectivity index (χ3v) is 3.44. The van der Waals surface area contributed by atoms with E-state index in [9.17, 15) is 14.4 Å². The molecule has 4 atom stereocenters. The second-order valence-corrected chi connectivity index (χ2v) is 5.62. The average Bonchev–Trinajstić information content (AvgIpc) is 2.34. The number of nitrogens with two attached hydrogens (primary N) is 1. The van der Waals surface area contributed by atoms with Gasteiger partial charge in [0.2, 0.25) is 0 Å². The van der Waals surface area contributed by atoms with Gasteiger partial charge in [-0.1, -0.05) is 11.8 Å². The maximum absolute atomic E-state index is 11.3. The molecule has 0 aromatic rings. The van der Waals surface area contributed by atoms with Crippen LogP contribution in [0.2, 0.25) is 0 Å². The molecule has 22 heavy (non-hydrogen) atoms. The van der Waals surface area contributed by atoms with Crippen molar-refractivity contribution in [3.05, 3.63) is 0 Å². The van der Waals surface area contributed by atoms with Crippen LogP contribution < -0.4 is 5.73 Å². The van der Waals surface area contributed by atoms with Crippen LogP contribution in [-0.2, 0) is 33.3 Å². The van der Waals surface area contributed by atoms with E-state index in [-0.39, 0.29) is 11.8 Å². The number of thioether (sulfide) groups is 1. The molecule has 0 aromatic carbocycles. The molecule has 0 unspecified atom stereocenters. The second-order valence-electron chi connectivity index (χ2n) is 4.48. The molecular formula is C12H18N2O7S. The first-order valence-electron chi connectivity index (χ1n) is 6.34. The zero-order valence-electron chi connectivity index (χ0n) is 12.4. The molecule has 0 aromatic heterocycles. The summed E-state index contributed by atoms with van der Waals surface area (Å²) < 4.78 is 20.7. The van der Waals surface area contributed by atoms with Crippen LogP contribution in [0.3, 0.4) is 0 Å². The van der Waals surface area contributed by atoms with Crippen LogP contribution >= 0.6 is 11.8 Å². The predicted molar refractivity (Wildman–Crippen MR) is 75.9 cm³/mol. The summed E-state index contributed by atoms with van der Waals surface area (Å²) in [7, 11) is 0. The Morgan fingerprint density at radius 2 is 1.55 bits per heavy atom. The molecule has 3 N–H and O–H groups in total. The molecule has 0 spiro atoms. The van der Waals surface area contributed by atoms with Crippen LogP contribution in [0, 0.1) is 5.41 Å². The molecule has 1 aliphatic rings. The number of esters is 3. The van der Waals surface area contributed by atoms with Gasteiger partial charge < -0.3 is 24.7 Å². The van der Waals surface area contributed by atoms with E-state index in [2.05, 4.69) is 0 Å². The van der Waals surface area contributed by atoms with Crippen LogP contribution in [-0.4, -0.2) is 53.4 Å². The Morgan fingerprint density at radius 1 is 1.05 bits per heavy atom. The van der Waals surface area contributed by atoms with Crippen LogP contribution in [0.15, 0.2) is 0 Å². The minimum absolute atomic E-state index is 0.0831. The highest BCUT2D eigenvalue weighted by atomic mass is 32.2. The summed E-state index contributed by atoms with van der Waals surface area (Å²) >= 11 is 0.807. The molecule has 0 aliphatic carbocycles. The van der Waals surface area contributed by atoms with Crippen molar-refractivity contribution in [2.24, 2.45) is 5.73 Å². The Bertz CT molecular complexity index is 428. The first-order valence-corrected chi connectivity index (χ1v) is 7.22. The van der Waals surface area contributed by atoms with Crippen LogP contribution in [0.4, 0.5) is 0 Å². The first-order chi connectivity index (χ1) is 10.2. The van der Waals surface area contributed by atoms with Gasteiger partial charge in [0.05, 0.1) is 6.61 Å². The Labute approximate surface area is 131 Å². The normalized spacial score (nSPS) is 27.6. The maximum Gasteiger partial charge on any atom is 0.303 e. The van der Waals surface area contributed by atoms with Crippen molar-refractivity contribution in [1.29, 1.82) is 5.41 Å². The summed E-state index contributed by atoms with van der Waals surface area (Å²) in [5.74, 6) is -1.86. The fourth-order valence-electron chi connectivity index (χ4n) is 1.94. The third kappa shape index (κ3) is 5.53. The highest BCUT2D eigenvalue weighted by Gasteiger charge is 2.47. The zero-order valence-corrected chi connectivity index (χ0v) is 13.2. The van der Waals surface area contributed by atoms with E-state index in [1.165, 1.54) is 20.8 Å². The number of ether oxygens (including phenoxy) is 4. The summed E-state index contributed by atoms with van der Waals surface area (Å²) in [6, 6.07) is 0. The SMILES string of the molecule is CC(=O)O[C@@H]1[C@H](OC(C)=O)[C@H](OC(C)=O)CO[C@@H]1SC(=N)N. The van der Waals surface area contributed by atoms with Gasteiger partial charge in [-0.3, -0.25) is 19.8 Å². The minimum atomic E-state index is -1.06. The van der Waals surface area contributed by atoms with Crippen molar-refractivity contribution in [1.82, 2.24) is 0 Å². The number of rotatable bonds is 4. The summed E-state index contributed by atoms with van der Waals surface area (Å²) in [5, 5.41) is 7.05. The fourth-order valence-corrected chi connectivity index (χ4v) is 2.68. The molecule has 10 heteroatoms. The van der Waals surface area contributed by atoms with Gasteiger partial charge in [-0.2, -0.15) is 0 Å². The van der Waals surface area contributed by atoms with Crippen molar-refractivity contribution in [3.8, 4) is 0 Å². The molecule has 124 valence electrons. The van der Waals surface area contributed by atoms with E-state index in [1.54, 1.807) is 0 Å². The van der Waals surface area contributed by atoms with E-state index in [4.69, 9.17) is 30.1 Å². The second kappa shape index (κ2) is 7.99. The van der Waals surface area contributed by atoms with Gasteiger partial charge in [0.1, 0.15) is 0 Å². The average molecular weight is 334 g/mol. The summed E-state index contributed by atoms with van der Waals surface area (Å²) in [6.45, 7) is 3.47. The van der Waals surface area contributed by atoms with Crippen molar-refractivity contribution in [2.45, 2.75) is 44.5 Å². The standard InChI is InChI=1S/C12H18N2O7S/c1-5(15)19-8-4-18-11(22-12(13)14)10(21-7(3)17)9(8)20-6(2)16/h8-11H,4H2,1-3H3,(H3,13,14)/t8-,9-,10-,11-/m1/s1. The monoisotopic (exact) mass is 334 g/mol. The van der Waals surface area contributed by atoms with Crippen molar-refractivity contribution < 1.29 is 33.3 Å². The molecule has 1 saturated heterocycles. The first kappa shape index (κ1) is 18.2. The Morgan fingerprint density at radius 3 is 2.00 bits per heavy atom. The Hall–Kier alpha value is -1.81. The number of hydrogen-bond donors (Lipinski definition) is 2. The van der Waals surface area contributed by atoms with Gasteiger partial charge in [-0.05, 0) is 0 Å². The molecule has 1 aliphatic heterocycles. The van der Waals surface area contributed by atoms with E-state index in [0.717, 1.165) is 11.8 Å². The summed E-state index contributed by atoms with van der Waals surface area (Å²) in [6.07, 6.45) is -3.03. The number of carbonyl (C=O) groups is 3. The lowest BCUT2D eigenvalue weighted by Crippen LogP contribution is -2.56. The van der Waals surface area contributed by atoms with Gasteiger partial charge in [0.15, 0.2) is 28.9 Å². The van der Waals surface area contributed by atoms with Gasteiger partial charge >= 0.3 is 17.9 Å². The highest BCUT2D eigenvalue weighted by molar-refractivity contribution is 8.14. The van der Waals surface area contributed by atoms with Crippen LogP contribution in [0.5, 0.6) is 0 Å². The Kier molecular flexibility index (Phi) is 6.62. The third-order valence-electron chi connectivity index (χ3n) is 2.55. The highest BCUT2D eigenvalue weighted by Crippen LogP contribution is 2.30. The lowest BCUT2D eigenvalue weighted by molar-refractivity contribution is -0.213. The van der Waals surface area contributed by atoms with E-state index < -0.39 is 41.7 Å². The fraction of sp³-hybridized carbons (Fsp3) is 0.667. The molecule has 9 nitrogen and oxygen atoms in total. The molecular weight excluding hydrogens is 316 g/mol. The van der Waals surface area contributed by atoms with Crippen molar-refractivity contribution in [3.63, 3.8) is 0 Å². The molecule has 0 saturated carbocycles. The van der Waals surface area contributed by atoms with Gasteiger partial charge in [0, 0.05) is 20.8 Å². The van der Waals surface area contributed by atoms with Crippen molar-refractivity contribution in [2.75, 3.05) is 6.61 Å². The Balaban J connectivity index is 3.03. The van der Waals surface area contributed by atoms with Crippen LogP contribution in [0.25, 0.3) is 0 Å². The molecule has 0 amide bonds. The molecule has 1 rings (SSSR count). The smallest absolute Gasteiger partial charge is 0.303 e. The van der Waals surface area contributed by atoms with Crippen LogP contribution in [0.1, 0.15) is 20.8 Å². The van der Waals surface area contributed by atoms with Gasteiger partial charge in [-0.25, -0.2) is 0 Å². The largest absolute Gasteiger partial charge is 0.456 e. The topological polar surface area (TPSA) is 138 Å². The van der Waals surface area contributed by atoms with Gasteiger partial charge in [0.25, 0.3) is 0 Å². The van der Waals surface area contributed by atoms with E-state index >= 15 is 0 Å². The zero-order chi connectivity index (χ0) is 16.9. The van der Waals surface area contributed by atoms with Gasteiger partial charge in [-0.15, -0.1) is 0 Å². The quantitative estimate of drug-likeness (QED) is 0.309. The van der Waals surface area contributed by atoms with E-state index in [1.807, 2.05) is 0 Å². The molecule has 0 bridgehead atoms. The minimum Gasteiger partial charge on any atom is -0.456 e. The maximum atomic E-state index is 11.3.